The van der Waals surface area contributed by atoms with E-state index in [2.05, 4.69) is 32.0 Å². The van der Waals surface area contributed by atoms with Gasteiger partial charge in [-0.2, -0.15) is 0 Å². The molecule has 2 rings (SSSR count). The van der Waals surface area contributed by atoms with E-state index in [1.165, 1.54) is 16.7 Å². The second kappa shape index (κ2) is 3.56. The third-order valence-electron chi connectivity index (χ3n) is 3.25. The van der Waals surface area contributed by atoms with E-state index < -0.39 is 0 Å². The molecule has 0 fully saturated rings. The van der Waals surface area contributed by atoms with E-state index in [9.17, 15) is 4.79 Å². The van der Waals surface area contributed by atoms with Gasteiger partial charge in [0.2, 0.25) is 0 Å². The number of benzene rings is 1. The van der Waals surface area contributed by atoms with E-state index in [1.807, 2.05) is 0 Å². The largest absolute Gasteiger partial charge is 0.303 e. The Balaban J connectivity index is 2.51. The van der Waals surface area contributed by atoms with Crippen molar-refractivity contribution >= 4 is 6.29 Å². The Morgan fingerprint density at radius 3 is 2.79 bits per heavy atom. The van der Waals surface area contributed by atoms with E-state index in [1.54, 1.807) is 0 Å². The number of hydrogen-bond donors (Lipinski definition) is 0. The standard InChI is InChI=1S/C13H16O/c1-9-3-6-12-10(2)4-5-11(8-14)13(12)7-9/h3,6-8,10-11H,4-5H2,1-2H3/t10-,11-/m0/s1. The van der Waals surface area contributed by atoms with Crippen molar-refractivity contribution in [3.05, 3.63) is 34.9 Å². The van der Waals surface area contributed by atoms with Gasteiger partial charge in [-0.15, -0.1) is 0 Å². The number of carbonyl (C=O) groups excluding carboxylic acids is 1. The van der Waals surface area contributed by atoms with Gasteiger partial charge < -0.3 is 4.79 Å². The van der Waals surface area contributed by atoms with Gasteiger partial charge in [-0.3, -0.25) is 0 Å². The Bertz CT molecular complexity index is 354. The lowest BCUT2D eigenvalue weighted by molar-refractivity contribution is -0.109. The molecule has 0 saturated heterocycles. The van der Waals surface area contributed by atoms with Crippen LogP contribution in [-0.4, -0.2) is 6.29 Å². The van der Waals surface area contributed by atoms with E-state index in [-0.39, 0.29) is 5.92 Å². The summed E-state index contributed by atoms with van der Waals surface area (Å²) in [5, 5.41) is 0. The van der Waals surface area contributed by atoms with Crippen molar-refractivity contribution in [2.75, 3.05) is 0 Å². The third kappa shape index (κ3) is 1.47. The van der Waals surface area contributed by atoms with Gasteiger partial charge in [0.1, 0.15) is 6.29 Å². The molecule has 0 amide bonds. The summed E-state index contributed by atoms with van der Waals surface area (Å²) < 4.78 is 0. The Labute approximate surface area is 85.1 Å². The van der Waals surface area contributed by atoms with Crippen molar-refractivity contribution in [3.8, 4) is 0 Å². The minimum absolute atomic E-state index is 0.140. The number of carbonyl (C=O) groups is 1. The lowest BCUT2D eigenvalue weighted by Crippen LogP contribution is -2.13. The highest BCUT2D eigenvalue weighted by Crippen LogP contribution is 2.37. The van der Waals surface area contributed by atoms with Crippen LogP contribution in [0.4, 0.5) is 0 Å². The SMILES string of the molecule is Cc1ccc2c(c1)[C@H](C=O)CC[C@@H]2C. The maximum Gasteiger partial charge on any atom is 0.127 e. The van der Waals surface area contributed by atoms with Gasteiger partial charge in [-0.1, -0.05) is 30.7 Å². The van der Waals surface area contributed by atoms with Crippen LogP contribution in [0.25, 0.3) is 0 Å². The first-order valence-corrected chi connectivity index (χ1v) is 5.28. The molecular formula is C13H16O. The highest BCUT2D eigenvalue weighted by atomic mass is 16.1. The molecule has 1 nitrogen and oxygen atoms in total. The van der Waals surface area contributed by atoms with E-state index in [0.717, 1.165) is 19.1 Å². The van der Waals surface area contributed by atoms with Gasteiger partial charge in [-0.05, 0) is 36.8 Å². The summed E-state index contributed by atoms with van der Waals surface area (Å²) >= 11 is 0. The molecule has 0 aromatic heterocycles. The summed E-state index contributed by atoms with van der Waals surface area (Å²) in [6, 6.07) is 6.50. The quantitative estimate of drug-likeness (QED) is 0.619. The predicted octanol–water partition coefficient (Wildman–Crippen LogP) is 3.17. The molecule has 0 radical (unpaired) electrons. The Morgan fingerprint density at radius 2 is 2.07 bits per heavy atom. The zero-order chi connectivity index (χ0) is 10.1. The Kier molecular flexibility index (Phi) is 2.40. The maximum absolute atomic E-state index is 10.9. The molecule has 0 aliphatic heterocycles. The van der Waals surface area contributed by atoms with Gasteiger partial charge in [0.15, 0.2) is 0 Å². The Hall–Kier alpha value is -1.11. The normalized spacial score (nSPS) is 25.6. The average Bonchev–Trinajstić information content (AvgIpc) is 2.18. The van der Waals surface area contributed by atoms with E-state index in [4.69, 9.17) is 0 Å². The maximum atomic E-state index is 10.9. The number of aryl methyl sites for hydroxylation is 1. The average molecular weight is 188 g/mol. The summed E-state index contributed by atoms with van der Waals surface area (Å²) in [6.07, 6.45) is 3.25. The van der Waals surface area contributed by atoms with Crippen LogP contribution >= 0.6 is 0 Å². The van der Waals surface area contributed by atoms with Crippen LogP contribution in [0.1, 0.15) is 48.3 Å². The van der Waals surface area contributed by atoms with Crippen LogP contribution in [0, 0.1) is 6.92 Å². The second-order valence-corrected chi connectivity index (χ2v) is 4.35. The fourth-order valence-electron chi connectivity index (χ4n) is 2.35. The van der Waals surface area contributed by atoms with Crippen molar-refractivity contribution in [1.82, 2.24) is 0 Å². The number of aldehydes is 1. The molecule has 14 heavy (non-hydrogen) atoms. The molecular weight excluding hydrogens is 172 g/mol. The summed E-state index contributed by atoms with van der Waals surface area (Å²) in [6.45, 7) is 4.33. The highest BCUT2D eigenvalue weighted by Gasteiger charge is 2.23. The van der Waals surface area contributed by atoms with Crippen molar-refractivity contribution in [3.63, 3.8) is 0 Å². The number of fused-ring (bicyclic) bond motifs is 1. The number of hydrogen-bond acceptors (Lipinski definition) is 1. The molecule has 74 valence electrons. The molecule has 0 heterocycles. The van der Waals surface area contributed by atoms with Gasteiger partial charge in [0.25, 0.3) is 0 Å². The smallest absolute Gasteiger partial charge is 0.127 e. The van der Waals surface area contributed by atoms with Gasteiger partial charge in [0, 0.05) is 5.92 Å². The van der Waals surface area contributed by atoms with Crippen molar-refractivity contribution < 1.29 is 4.79 Å². The van der Waals surface area contributed by atoms with Crippen LogP contribution < -0.4 is 0 Å². The first-order chi connectivity index (χ1) is 6.72. The lowest BCUT2D eigenvalue weighted by atomic mass is 9.77. The molecule has 1 aromatic rings. The van der Waals surface area contributed by atoms with Crippen LogP contribution in [0.5, 0.6) is 0 Å². The Morgan fingerprint density at radius 1 is 1.29 bits per heavy atom. The van der Waals surface area contributed by atoms with Crippen LogP contribution in [-0.2, 0) is 4.79 Å². The molecule has 1 aromatic carbocycles. The fraction of sp³-hybridized carbons (Fsp3) is 0.462. The van der Waals surface area contributed by atoms with Gasteiger partial charge in [-0.25, -0.2) is 0 Å². The zero-order valence-corrected chi connectivity index (χ0v) is 8.79. The molecule has 0 saturated carbocycles. The van der Waals surface area contributed by atoms with Crippen LogP contribution in [0.15, 0.2) is 18.2 Å². The van der Waals surface area contributed by atoms with E-state index in [0.29, 0.717) is 5.92 Å². The molecule has 2 atom stereocenters. The molecule has 0 N–H and O–H groups in total. The third-order valence-corrected chi connectivity index (χ3v) is 3.25. The van der Waals surface area contributed by atoms with Crippen molar-refractivity contribution in [2.24, 2.45) is 0 Å². The second-order valence-electron chi connectivity index (χ2n) is 4.35. The van der Waals surface area contributed by atoms with Gasteiger partial charge >= 0.3 is 0 Å². The molecule has 0 bridgehead atoms. The zero-order valence-electron chi connectivity index (χ0n) is 8.79. The molecule has 1 heteroatoms. The molecule has 1 aliphatic carbocycles. The topological polar surface area (TPSA) is 17.1 Å². The van der Waals surface area contributed by atoms with Crippen molar-refractivity contribution in [2.45, 2.75) is 38.5 Å². The minimum Gasteiger partial charge on any atom is -0.303 e. The van der Waals surface area contributed by atoms with E-state index >= 15 is 0 Å². The molecule has 0 spiro atoms. The fourth-order valence-corrected chi connectivity index (χ4v) is 2.35. The predicted molar refractivity (Wildman–Crippen MR) is 57.6 cm³/mol. The first-order valence-electron chi connectivity index (χ1n) is 5.28. The van der Waals surface area contributed by atoms with Gasteiger partial charge in [0.05, 0.1) is 0 Å². The highest BCUT2D eigenvalue weighted by molar-refractivity contribution is 5.64. The van der Waals surface area contributed by atoms with Crippen LogP contribution in [0.3, 0.4) is 0 Å². The summed E-state index contributed by atoms with van der Waals surface area (Å²) in [5.74, 6) is 0.753. The molecule has 0 unspecified atom stereocenters. The molecule has 1 aliphatic rings. The first kappa shape index (κ1) is 9.45. The lowest BCUT2D eigenvalue weighted by Gasteiger charge is -2.26. The monoisotopic (exact) mass is 188 g/mol. The summed E-state index contributed by atoms with van der Waals surface area (Å²) in [4.78, 5) is 10.9. The number of rotatable bonds is 1. The van der Waals surface area contributed by atoms with Crippen molar-refractivity contribution in [1.29, 1.82) is 0 Å². The summed E-state index contributed by atoms with van der Waals surface area (Å²) in [5.41, 5.74) is 3.89. The minimum atomic E-state index is 0.140. The van der Waals surface area contributed by atoms with Crippen LogP contribution in [0.2, 0.25) is 0 Å². The summed E-state index contributed by atoms with van der Waals surface area (Å²) in [7, 11) is 0.